The highest BCUT2D eigenvalue weighted by Crippen LogP contribution is 2.31. The Balaban J connectivity index is 2.43. The van der Waals surface area contributed by atoms with Crippen LogP contribution in [0.5, 0.6) is 0 Å². The van der Waals surface area contributed by atoms with E-state index in [-0.39, 0.29) is 24.1 Å². The fraction of sp³-hybridized carbons (Fsp3) is 0.333. The van der Waals surface area contributed by atoms with E-state index >= 15 is 0 Å². The van der Waals surface area contributed by atoms with E-state index in [0.717, 1.165) is 0 Å². The number of rotatable bonds is 4. The largest absolute Gasteiger partial charge is 0.441 e. The van der Waals surface area contributed by atoms with Crippen molar-refractivity contribution in [2.45, 2.75) is 5.51 Å². The van der Waals surface area contributed by atoms with Gasteiger partial charge >= 0.3 is 5.51 Å². The molecule has 16 heavy (non-hydrogen) atoms. The highest BCUT2D eigenvalue weighted by atomic mass is 35.5. The minimum absolute atomic E-state index is 0.0841. The molecule has 0 aliphatic rings. The van der Waals surface area contributed by atoms with Gasteiger partial charge in [-0.2, -0.15) is 13.2 Å². The molecule has 1 N–H and O–H groups in total. The molecule has 0 aromatic heterocycles. The lowest BCUT2D eigenvalue weighted by atomic mass is 10.3. The molecule has 90 valence electrons. The molecule has 0 bridgehead atoms. The van der Waals surface area contributed by atoms with Gasteiger partial charge < -0.3 is 5.32 Å². The zero-order valence-corrected chi connectivity index (χ0v) is 10.3. The Morgan fingerprint density at radius 1 is 1.19 bits per heavy atom. The highest BCUT2D eigenvalue weighted by molar-refractivity contribution is 8.00. The predicted molar refractivity (Wildman–Crippen MR) is 63.5 cm³/mol. The summed E-state index contributed by atoms with van der Waals surface area (Å²) in [6.07, 6.45) is 0. The van der Waals surface area contributed by atoms with E-state index in [1.807, 2.05) is 0 Å². The first kappa shape index (κ1) is 13.8. The average molecular weight is 290 g/mol. The van der Waals surface area contributed by atoms with Crippen LogP contribution in [-0.2, 0) is 0 Å². The van der Waals surface area contributed by atoms with Gasteiger partial charge in [-0.15, -0.1) is 0 Å². The highest BCUT2D eigenvalue weighted by Gasteiger charge is 2.27. The normalized spacial score (nSPS) is 11.6. The third kappa shape index (κ3) is 4.72. The lowest BCUT2D eigenvalue weighted by molar-refractivity contribution is -0.0327. The number of thioether (sulfide) groups is 1. The summed E-state index contributed by atoms with van der Waals surface area (Å²) in [5, 5.41) is 3.56. The van der Waals surface area contributed by atoms with Crippen LogP contribution in [0.15, 0.2) is 18.2 Å². The first-order valence-electron chi connectivity index (χ1n) is 4.29. The second-order valence-electron chi connectivity index (χ2n) is 2.82. The molecule has 1 aromatic carbocycles. The number of anilines is 1. The maximum atomic E-state index is 11.8. The van der Waals surface area contributed by atoms with Crippen molar-refractivity contribution in [3.05, 3.63) is 28.2 Å². The Morgan fingerprint density at radius 3 is 2.25 bits per heavy atom. The molecule has 1 rings (SSSR count). The van der Waals surface area contributed by atoms with E-state index in [1.54, 1.807) is 18.2 Å². The fourth-order valence-corrected chi connectivity index (χ4v) is 1.98. The van der Waals surface area contributed by atoms with Crippen LogP contribution < -0.4 is 5.32 Å². The Labute approximate surface area is 105 Å². The third-order valence-electron chi connectivity index (χ3n) is 1.63. The molecule has 0 fully saturated rings. The van der Waals surface area contributed by atoms with Crippen molar-refractivity contribution in [2.75, 3.05) is 17.6 Å². The number of nitrogens with one attached hydrogen (secondary N) is 1. The van der Waals surface area contributed by atoms with Crippen molar-refractivity contribution in [3.8, 4) is 0 Å². The molecule has 1 nitrogen and oxygen atoms in total. The van der Waals surface area contributed by atoms with Crippen molar-refractivity contribution in [1.29, 1.82) is 0 Å². The van der Waals surface area contributed by atoms with Gasteiger partial charge in [-0.1, -0.05) is 29.3 Å². The van der Waals surface area contributed by atoms with E-state index in [2.05, 4.69) is 5.32 Å². The van der Waals surface area contributed by atoms with E-state index in [4.69, 9.17) is 23.2 Å². The smallest absolute Gasteiger partial charge is 0.382 e. The molecule has 0 atom stereocenters. The zero-order valence-electron chi connectivity index (χ0n) is 7.94. The van der Waals surface area contributed by atoms with Gasteiger partial charge in [-0.05, 0) is 23.9 Å². The van der Waals surface area contributed by atoms with E-state index in [9.17, 15) is 13.2 Å². The van der Waals surface area contributed by atoms with Crippen molar-refractivity contribution < 1.29 is 13.2 Å². The number of hydrogen-bond acceptors (Lipinski definition) is 2. The van der Waals surface area contributed by atoms with Gasteiger partial charge in [0.15, 0.2) is 0 Å². The number of para-hydroxylation sites is 1. The first-order valence-corrected chi connectivity index (χ1v) is 6.03. The molecule has 0 saturated carbocycles. The van der Waals surface area contributed by atoms with Crippen LogP contribution in [0, 0.1) is 0 Å². The lowest BCUT2D eigenvalue weighted by Gasteiger charge is -2.10. The zero-order chi connectivity index (χ0) is 12.2. The number of halogens is 5. The molecular formula is C9H8Cl2F3NS. The molecule has 0 amide bonds. The summed E-state index contributed by atoms with van der Waals surface area (Å²) in [6, 6.07) is 4.90. The average Bonchev–Trinajstić information content (AvgIpc) is 2.14. The number of alkyl halides is 3. The van der Waals surface area contributed by atoms with E-state index in [1.165, 1.54) is 0 Å². The Morgan fingerprint density at radius 2 is 1.75 bits per heavy atom. The molecule has 0 heterocycles. The summed E-state index contributed by atoms with van der Waals surface area (Å²) < 4.78 is 35.5. The van der Waals surface area contributed by atoms with Crippen LogP contribution in [0.25, 0.3) is 0 Å². The number of hydrogen-bond donors (Lipinski definition) is 1. The summed E-state index contributed by atoms with van der Waals surface area (Å²) in [4.78, 5) is 0. The SMILES string of the molecule is FC(F)(F)SCCNc1c(Cl)cccc1Cl. The quantitative estimate of drug-likeness (QED) is 0.809. The molecule has 0 unspecified atom stereocenters. The monoisotopic (exact) mass is 289 g/mol. The Kier molecular flexibility index (Phi) is 5.08. The summed E-state index contributed by atoms with van der Waals surface area (Å²) in [6.45, 7) is 0.146. The second-order valence-corrected chi connectivity index (χ2v) is 4.79. The van der Waals surface area contributed by atoms with Gasteiger partial charge in [0.2, 0.25) is 0 Å². The van der Waals surface area contributed by atoms with Crippen LogP contribution in [0.2, 0.25) is 10.0 Å². The molecular weight excluding hydrogens is 282 g/mol. The minimum Gasteiger partial charge on any atom is -0.382 e. The second kappa shape index (κ2) is 5.89. The summed E-state index contributed by atoms with van der Waals surface area (Å²) in [7, 11) is 0. The standard InChI is InChI=1S/C9H8Cl2F3NS/c10-6-2-1-3-7(11)8(6)15-4-5-16-9(12,13)14/h1-3,15H,4-5H2. The fourth-order valence-electron chi connectivity index (χ4n) is 1.01. The van der Waals surface area contributed by atoms with Crippen molar-refractivity contribution in [2.24, 2.45) is 0 Å². The van der Waals surface area contributed by atoms with Crippen LogP contribution in [0.3, 0.4) is 0 Å². The minimum atomic E-state index is -4.20. The Hall–Kier alpha value is -0.260. The maximum Gasteiger partial charge on any atom is 0.441 e. The Bertz CT molecular complexity index is 337. The third-order valence-corrected chi connectivity index (χ3v) is 3.00. The van der Waals surface area contributed by atoms with Gasteiger partial charge in [0.25, 0.3) is 0 Å². The van der Waals surface area contributed by atoms with Gasteiger partial charge in [0, 0.05) is 12.3 Å². The molecule has 0 aliphatic carbocycles. The molecule has 0 spiro atoms. The van der Waals surface area contributed by atoms with Crippen molar-refractivity contribution in [3.63, 3.8) is 0 Å². The molecule has 0 radical (unpaired) electrons. The van der Waals surface area contributed by atoms with Crippen molar-refractivity contribution in [1.82, 2.24) is 0 Å². The molecule has 7 heteroatoms. The maximum absolute atomic E-state index is 11.8. The van der Waals surface area contributed by atoms with Gasteiger partial charge in [0.05, 0.1) is 15.7 Å². The van der Waals surface area contributed by atoms with Crippen molar-refractivity contribution >= 4 is 40.7 Å². The summed E-state index contributed by atoms with van der Waals surface area (Å²) in [5.41, 5.74) is -3.74. The summed E-state index contributed by atoms with van der Waals surface area (Å²) in [5.74, 6) is -0.0922. The van der Waals surface area contributed by atoms with Gasteiger partial charge in [-0.3, -0.25) is 0 Å². The topological polar surface area (TPSA) is 12.0 Å². The molecule has 0 saturated heterocycles. The van der Waals surface area contributed by atoms with Crippen LogP contribution in [0.4, 0.5) is 18.9 Å². The first-order chi connectivity index (χ1) is 7.40. The lowest BCUT2D eigenvalue weighted by Crippen LogP contribution is -2.09. The van der Waals surface area contributed by atoms with E-state index < -0.39 is 5.51 Å². The van der Waals surface area contributed by atoms with Crippen LogP contribution in [-0.4, -0.2) is 17.8 Å². The predicted octanol–water partition coefficient (Wildman–Crippen LogP) is 4.66. The van der Waals surface area contributed by atoms with E-state index in [0.29, 0.717) is 15.7 Å². The van der Waals surface area contributed by atoms with Gasteiger partial charge in [-0.25, -0.2) is 0 Å². The number of benzene rings is 1. The summed E-state index contributed by atoms with van der Waals surface area (Å²) >= 11 is 11.6. The molecule has 1 aromatic rings. The van der Waals surface area contributed by atoms with Gasteiger partial charge in [0.1, 0.15) is 0 Å². The van der Waals surface area contributed by atoms with Crippen LogP contribution >= 0.6 is 35.0 Å². The molecule has 0 aliphatic heterocycles. The van der Waals surface area contributed by atoms with Crippen LogP contribution in [0.1, 0.15) is 0 Å².